The SMILES string of the molecule is C=C(NC(=O)C1CCN(Cc2ccccc2F)CC1)/C(N)=C\C=C(/C)c1ccccc1. The number of hydrogen-bond donors (Lipinski definition) is 2. The van der Waals surface area contributed by atoms with Gasteiger partial charge in [-0.1, -0.05) is 61.2 Å². The van der Waals surface area contributed by atoms with E-state index in [1.54, 1.807) is 18.2 Å². The summed E-state index contributed by atoms with van der Waals surface area (Å²) in [5, 5.41) is 2.85. The van der Waals surface area contributed by atoms with Crippen molar-refractivity contribution in [3.8, 4) is 0 Å². The van der Waals surface area contributed by atoms with Gasteiger partial charge in [-0.25, -0.2) is 4.39 Å². The van der Waals surface area contributed by atoms with E-state index in [1.807, 2.05) is 49.4 Å². The van der Waals surface area contributed by atoms with Crippen LogP contribution in [0, 0.1) is 11.7 Å². The number of hydrogen-bond acceptors (Lipinski definition) is 3. The maximum absolute atomic E-state index is 13.9. The number of carbonyl (C=O) groups excluding carboxylic acids is 1. The molecule has 162 valence electrons. The number of nitrogens with one attached hydrogen (secondary N) is 1. The van der Waals surface area contributed by atoms with Crippen LogP contribution in [0.2, 0.25) is 0 Å². The zero-order valence-electron chi connectivity index (χ0n) is 18.0. The van der Waals surface area contributed by atoms with E-state index in [2.05, 4.69) is 16.8 Å². The van der Waals surface area contributed by atoms with E-state index in [0.717, 1.165) is 37.1 Å². The van der Waals surface area contributed by atoms with E-state index < -0.39 is 0 Å². The van der Waals surface area contributed by atoms with Gasteiger partial charge in [-0.05, 0) is 56.1 Å². The van der Waals surface area contributed by atoms with E-state index in [1.165, 1.54) is 6.07 Å². The number of halogens is 1. The quantitative estimate of drug-likeness (QED) is 0.644. The number of piperidine rings is 1. The molecule has 1 aliphatic heterocycles. The second-order valence-corrected chi connectivity index (χ2v) is 7.95. The average molecular weight is 420 g/mol. The second kappa shape index (κ2) is 10.7. The Balaban J connectivity index is 1.49. The predicted molar refractivity (Wildman–Crippen MR) is 124 cm³/mol. The van der Waals surface area contributed by atoms with Gasteiger partial charge in [0.25, 0.3) is 0 Å². The molecule has 2 aromatic carbocycles. The molecule has 0 atom stereocenters. The lowest BCUT2D eigenvalue weighted by Gasteiger charge is -2.31. The number of nitrogens with zero attached hydrogens (tertiary/aromatic N) is 1. The van der Waals surface area contributed by atoms with Crippen LogP contribution in [0.15, 0.2) is 84.7 Å². The summed E-state index contributed by atoms with van der Waals surface area (Å²) in [4.78, 5) is 14.8. The predicted octanol–water partition coefficient (Wildman–Crippen LogP) is 4.61. The lowest BCUT2D eigenvalue weighted by atomic mass is 9.95. The molecule has 0 aliphatic carbocycles. The lowest BCUT2D eigenvalue weighted by Crippen LogP contribution is -2.40. The van der Waals surface area contributed by atoms with Gasteiger partial charge >= 0.3 is 0 Å². The van der Waals surface area contributed by atoms with Crippen LogP contribution < -0.4 is 11.1 Å². The van der Waals surface area contributed by atoms with Crippen LogP contribution in [0.3, 0.4) is 0 Å². The van der Waals surface area contributed by atoms with E-state index >= 15 is 0 Å². The molecule has 3 N–H and O–H groups in total. The molecule has 1 fully saturated rings. The summed E-state index contributed by atoms with van der Waals surface area (Å²) in [5.41, 5.74) is 9.82. The molecule has 1 aliphatic rings. The van der Waals surface area contributed by atoms with Gasteiger partial charge in [-0.15, -0.1) is 0 Å². The maximum atomic E-state index is 13.9. The molecule has 5 heteroatoms. The summed E-state index contributed by atoms with van der Waals surface area (Å²) in [6, 6.07) is 16.8. The van der Waals surface area contributed by atoms with Gasteiger partial charge in [-0.3, -0.25) is 9.69 Å². The Labute approximate surface area is 183 Å². The average Bonchev–Trinajstić information content (AvgIpc) is 2.79. The van der Waals surface area contributed by atoms with E-state index in [0.29, 0.717) is 23.5 Å². The van der Waals surface area contributed by atoms with Crippen molar-refractivity contribution in [1.29, 1.82) is 0 Å². The van der Waals surface area contributed by atoms with Gasteiger partial charge in [0.05, 0.1) is 11.4 Å². The molecule has 1 heterocycles. The van der Waals surface area contributed by atoms with Gasteiger partial charge < -0.3 is 11.1 Å². The van der Waals surface area contributed by atoms with Crippen molar-refractivity contribution in [1.82, 2.24) is 10.2 Å². The summed E-state index contributed by atoms with van der Waals surface area (Å²) < 4.78 is 13.9. The first kappa shape index (κ1) is 22.5. The molecule has 3 rings (SSSR count). The number of allylic oxidation sites excluding steroid dienone is 3. The highest BCUT2D eigenvalue weighted by Crippen LogP contribution is 2.21. The Bertz CT molecular complexity index is 973. The molecule has 1 amide bonds. The second-order valence-electron chi connectivity index (χ2n) is 7.95. The lowest BCUT2D eigenvalue weighted by molar-refractivity contribution is -0.125. The van der Waals surface area contributed by atoms with Gasteiger partial charge in [0.15, 0.2) is 0 Å². The van der Waals surface area contributed by atoms with E-state index in [9.17, 15) is 9.18 Å². The van der Waals surface area contributed by atoms with Crippen LogP contribution in [-0.2, 0) is 11.3 Å². The van der Waals surface area contributed by atoms with Crippen LogP contribution in [0.5, 0.6) is 0 Å². The molecular formula is C26H30FN3O. The third-order valence-corrected chi connectivity index (χ3v) is 5.67. The minimum atomic E-state index is -0.183. The van der Waals surface area contributed by atoms with Crippen molar-refractivity contribution < 1.29 is 9.18 Å². The zero-order valence-corrected chi connectivity index (χ0v) is 18.0. The van der Waals surface area contributed by atoms with Crippen molar-refractivity contribution in [3.05, 3.63) is 102 Å². The highest BCUT2D eigenvalue weighted by atomic mass is 19.1. The third-order valence-electron chi connectivity index (χ3n) is 5.67. The fourth-order valence-corrected chi connectivity index (χ4v) is 3.66. The highest BCUT2D eigenvalue weighted by molar-refractivity contribution is 5.81. The van der Waals surface area contributed by atoms with Crippen LogP contribution in [0.1, 0.15) is 30.9 Å². The standard InChI is InChI=1S/C26H30FN3O/c1-19(21-8-4-3-5-9-21)12-13-25(28)20(2)29-26(31)22-14-16-30(17-15-22)18-23-10-6-7-11-24(23)27/h3-13,22H,2,14-18,28H2,1H3,(H,29,31)/b19-12+,25-13+. The molecule has 0 aromatic heterocycles. The Morgan fingerprint density at radius 1 is 1.13 bits per heavy atom. The van der Waals surface area contributed by atoms with Gasteiger partial charge in [0, 0.05) is 18.0 Å². The molecule has 4 nitrogen and oxygen atoms in total. The molecule has 0 unspecified atom stereocenters. The third kappa shape index (κ3) is 6.40. The van der Waals surface area contributed by atoms with Gasteiger partial charge in [-0.2, -0.15) is 0 Å². The summed E-state index contributed by atoms with van der Waals surface area (Å²) in [7, 11) is 0. The Hall–Kier alpha value is -3.18. The smallest absolute Gasteiger partial charge is 0.227 e. The van der Waals surface area contributed by atoms with Crippen molar-refractivity contribution in [2.75, 3.05) is 13.1 Å². The zero-order chi connectivity index (χ0) is 22.2. The first-order valence-corrected chi connectivity index (χ1v) is 10.6. The normalized spacial score (nSPS) is 16.2. The largest absolute Gasteiger partial charge is 0.397 e. The van der Waals surface area contributed by atoms with Crippen LogP contribution >= 0.6 is 0 Å². The molecule has 0 radical (unpaired) electrons. The van der Waals surface area contributed by atoms with Crippen LogP contribution in [0.4, 0.5) is 4.39 Å². The summed E-state index contributed by atoms with van der Waals surface area (Å²) >= 11 is 0. The topological polar surface area (TPSA) is 58.4 Å². The van der Waals surface area contributed by atoms with Crippen molar-refractivity contribution in [3.63, 3.8) is 0 Å². The number of likely N-dealkylation sites (tertiary alicyclic amines) is 1. The maximum Gasteiger partial charge on any atom is 0.227 e. The monoisotopic (exact) mass is 419 g/mol. The summed E-state index contributed by atoms with van der Waals surface area (Å²) in [5.74, 6) is -0.337. The van der Waals surface area contributed by atoms with Crippen LogP contribution in [-0.4, -0.2) is 23.9 Å². The van der Waals surface area contributed by atoms with Crippen LogP contribution in [0.25, 0.3) is 5.57 Å². The fourth-order valence-electron chi connectivity index (χ4n) is 3.66. The molecule has 0 spiro atoms. The van der Waals surface area contributed by atoms with E-state index in [4.69, 9.17) is 5.73 Å². The molecule has 0 bridgehead atoms. The molecule has 2 aromatic rings. The number of amides is 1. The minimum absolute atomic E-state index is 0.0596. The molecular weight excluding hydrogens is 389 g/mol. The summed E-state index contributed by atoms with van der Waals surface area (Å²) in [6.07, 6.45) is 5.14. The summed E-state index contributed by atoms with van der Waals surface area (Å²) in [6.45, 7) is 8.00. The Kier molecular flexibility index (Phi) is 7.79. The number of nitrogens with two attached hydrogens (primary N) is 1. The minimum Gasteiger partial charge on any atom is -0.397 e. The molecule has 0 saturated carbocycles. The molecule has 1 saturated heterocycles. The van der Waals surface area contributed by atoms with Gasteiger partial charge in [0.1, 0.15) is 5.82 Å². The van der Waals surface area contributed by atoms with E-state index in [-0.39, 0.29) is 17.6 Å². The van der Waals surface area contributed by atoms with Crippen molar-refractivity contribution >= 4 is 11.5 Å². The van der Waals surface area contributed by atoms with Crippen molar-refractivity contribution in [2.45, 2.75) is 26.3 Å². The fraction of sp³-hybridized carbons (Fsp3) is 0.269. The number of carbonyl (C=O) groups is 1. The van der Waals surface area contributed by atoms with Gasteiger partial charge in [0.2, 0.25) is 5.91 Å². The highest BCUT2D eigenvalue weighted by Gasteiger charge is 2.25. The number of rotatable bonds is 7. The first-order chi connectivity index (χ1) is 14.9. The first-order valence-electron chi connectivity index (χ1n) is 10.6. The number of benzene rings is 2. The van der Waals surface area contributed by atoms with Crippen molar-refractivity contribution in [2.24, 2.45) is 11.7 Å². The Morgan fingerprint density at radius 3 is 2.45 bits per heavy atom. The Morgan fingerprint density at radius 2 is 1.77 bits per heavy atom. The molecule has 31 heavy (non-hydrogen) atoms.